The second-order valence-corrected chi connectivity index (χ2v) is 5.81. The van der Waals surface area contributed by atoms with E-state index in [-0.39, 0.29) is 18.3 Å². The Labute approximate surface area is 134 Å². The van der Waals surface area contributed by atoms with Gasteiger partial charge in [-0.2, -0.15) is 0 Å². The second kappa shape index (κ2) is 6.97. The Morgan fingerprint density at radius 3 is 2.33 bits per heavy atom. The quantitative estimate of drug-likeness (QED) is 0.706. The highest BCUT2D eigenvalue weighted by molar-refractivity contribution is 6.36. The third-order valence-electron chi connectivity index (χ3n) is 2.93. The molecule has 0 saturated carbocycles. The fourth-order valence-electron chi connectivity index (χ4n) is 1.98. The fraction of sp³-hybridized carbons (Fsp3) is 0.235. The van der Waals surface area contributed by atoms with Gasteiger partial charge in [-0.3, -0.25) is 4.79 Å². The molecule has 0 N–H and O–H groups in total. The molecule has 2 nitrogen and oxygen atoms in total. The van der Waals surface area contributed by atoms with Gasteiger partial charge in [0.05, 0.1) is 6.10 Å². The van der Waals surface area contributed by atoms with Crippen LogP contribution < -0.4 is 4.74 Å². The minimum atomic E-state index is -0.0424. The summed E-state index contributed by atoms with van der Waals surface area (Å²) in [5.41, 5.74) is 1.24. The summed E-state index contributed by atoms with van der Waals surface area (Å²) < 4.78 is 5.60. The molecule has 2 rings (SSSR count). The van der Waals surface area contributed by atoms with E-state index in [9.17, 15) is 4.79 Å². The van der Waals surface area contributed by atoms with E-state index in [0.29, 0.717) is 26.9 Å². The summed E-state index contributed by atoms with van der Waals surface area (Å²) in [6, 6.07) is 12.4. The molecule has 0 unspecified atom stereocenters. The number of ether oxygens (including phenoxy) is 1. The molecule has 0 saturated heterocycles. The van der Waals surface area contributed by atoms with Crippen LogP contribution in [-0.2, 0) is 6.42 Å². The molecular weight excluding hydrogens is 307 g/mol. The summed E-state index contributed by atoms with van der Waals surface area (Å²) in [7, 11) is 0. The van der Waals surface area contributed by atoms with Crippen LogP contribution in [0.25, 0.3) is 0 Å². The second-order valence-electron chi connectivity index (χ2n) is 4.99. The molecule has 0 fully saturated rings. The molecule has 0 aromatic heterocycles. The van der Waals surface area contributed by atoms with E-state index >= 15 is 0 Å². The van der Waals surface area contributed by atoms with Crippen LogP contribution in [0.4, 0.5) is 0 Å². The monoisotopic (exact) mass is 322 g/mol. The highest BCUT2D eigenvalue weighted by Crippen LogP contribution is 2.26. The smallest absolute Gasteiger partial charge is 0.167 e. The van der Waals surface area contributed by atoms with Crippen molar-refractivity contribution < 1.29 is 9.53 Å². The van der Waals surface area contributed by atoms with Crippen molar-refractivity contribution in [1.82, 2.24) is 0 Å². The first-order valence-corrected chi connectivity index (χ1v) is 7.46. The van der Waals surface area contributed by atoms with Crippen LogP contribution in [0.15, 0.2) is 42.5 Å². The summed E-state index contributed by atoms with van der Waals surface area (Å²) >= 11 is 12.2. The molecule has 110 valence electrons. The van der Waals surface area contributed by atoms with Gasteiger partial charge < -0.3 is 4.74 Å². The number of carbonyl (C=O) groups is 1. The Bertz CT molecular complexity index is 631. The number of Topliss-reactive ketones (excluding diaryl/α,β-unsaturated/α-hetero) is 1. The topological polar surface area (TPSA) is 26.3 Å². The first-order valence-electron chi connectivity index (χ1n) is 6.70. The van der Waals surface area contributed by atoms with Gasteiger partial charge in [0.1, 0.15) is 5.75 Å². The van der Waals surface area contributed by atoms with Gasteiger partial charge in [0.25, 0.3) is 0 Å². The van der Waals surface area contributed by atoms with E-state index in [1.165, 1.54) is 0 Å². The van der Waals surface area contributed by atoms with E-state index in [1.807, 2.05) is 19.9 Å². The molecule has 0 aliphatic heterocycles. The first kappa shape index (κ1) is 15.9. The third kappa shape index (κ3) is 4.23. The van der Waals surface area contributed by atoms with Crippen molar-refractivity contribution >= 4 is 29.0 Å². The van der Waals surface area contributed by atoms with E-state index < -0.39 is 0 Å². The lowest BCUT2D eigenvalue weighted by atomic mass is 10.0. The van der Waals surface area contributed by atoms with Crippen LogP contribution in [0.2, 0.25) is 10.0 Å². The van der Waals surface area contributed by atoms with E-state index in [1.54, 1.807) is 36.4 Å². The van der Waals surface area contributed by atoms with Gasteiger partial charge in [0.2, 0.25) is 0 Å². The predicted octanol–water partition coefficient (Wildman–Crippen LogP) is 5.21. The summed E-state index contributed by atoms with van der Waals surface area (Å²) in [4.78, 5) is 12.4. The summed E-state index contributed by atoms with van der Waals surface area (Å²) in [5, 5.41) is 1.01. The normalized spacial score (nSPS) is 10.7. The van der Waals surface area contributed by atoms with Crippen molar-refractivity contribution in [3.63, 3.8) is 0 Å². The van der Waals surface area contributed by atoms with Crippen molar-refractivity contribution in [3.8, 4) is 5.75 Å². The van der Waals surface area contributed by atoms with Gasteiger partial charge in [0.15, 0.2) is 5.78 Å². The minimum Gasteiger partial charge on any atom is -0.491 e. The molecule has 0 spiro atoms. The van der Waals surface area contributed by atoms with Gasteiger partial charge in [-0.1, -0.05) is 41.4 Å². The lowest BCUT2D eigenvalue weighted by Crippen LogP contribution is -2.08. The molecule has 4 heteroatoms. The van der Waals surface area contributed by atoms with Crippen LogP contribution in [0.1, 0.15) is 29.8 Å². The molecule has 21 heavy (non-hydrogen) atoms. The maximum Gasteiger partial charge on any atom is 0.167 e. The van der Waals surface area contributed by atoms with Crippen LogP contribution >= 0.6 is 23.2 Å². The SMILES string of the molecule is CC(C)Oc1cccc(C(=O)Cc2c(Cl)cccc2Cl)c1. The van der Waals surface area contributed by atoms with Crippen LogP contribution in [0.3, 0.4) is 0 Å². The van der Waals surface area contributed by atoms with Crippen molar-refractivity contribution in [1.29, 1.82) is 0 Å². The van der Waals surface area contributed by atoms with Gasteiger partial charge >= 0.3 is 0 Å². The zero-order valence-corrected chi connectivity index (χ0v) is 13.4. The van der Waals surface area contributed by atoms with Gasteiger partial charge in [0, 0.05) is 22.0 Å². The zero-order valence-electron chi connectivity index (χ0n) is 11.9. The number of hydrogen-bond acceptors (Lipinski definition) is 2. The number of halogens is 2. The lowest BCUT2D eigenvalue weighted by molar-refractivity contribution is 0.0992. The fourth-order valence-corrected chi connectivity index (χ4v) is 2.51. The molecule has 0 atom stereocenters. The molecule has 0 amide bonds. The van der Waals surface area contributed by atoms with Crippen molar-refractivity contribution in [3.05, 3.63) is 63.6 Å². The predicted molar refractivity (Wildman–Crippen MR) is 86.7 cm³/mol. The van der Waals surface area contributed by atoms with Crippen LogP contribution in [0, 0.1) is 0 Å². The van der Waals surface area contributed by atoms with Crippen molar-refractivity contribution in [2.45, 2.75) is 26.4 Å². The Kier molecular flexibility index (Phi) is 5.27. The zero-order chi connectivity index (χ0) is 15.4. The summed E-state index contributed by atoms with van der Waals surface area (Å²) in [5.74, 6) is 0.639. The average Bonchev–Trinajstić information content (AvgIpc) is 2.42. The van der Waals surface area contributed by atoms with Gasteiger partial charge in [-0.15, -0.1) is 0 Å². The molecule has 2 aromatic carbocycles. The number of benzene rings is 2. The average molecular weight is 323 g/mol. The Morgan fingerprint density at radius 1 is 1.10 bits per heavy atom. The number of ketones is 1. The summed E-state index contributed by atoms with van der Waals surface area (Å²) in [6.45, 7) is 3.88. The molecule has 0 aliphatic rings. The Morgan fingerprint density at radius 2 is 1.71 bits per heavy atom. The molecular formula is C17H16Cl2O2. The standard InChI is InChI=1S/C17H16Cl2O2/c1-11(2)21-13-6-3-5-12(9-13)17(20)10-14-15(18)7-4-8-16(14)19/h3-9,11H,10H2,1-2H3. The molecule has 2 aromatic rings. The van der Waals surface area contributed by atoms with Crippen molar-refractivity contribution in [2.24, 2.45) is 0 Å². The van der Waals surface area contributed by atoms with E-state index in [0.717, 1.165) is 0 Å². The minimum absolute atomic E-state index is 0.0424. The molecule has 0 bridgehead atoms. The molecule has 0 aliphatic carbocycles. The highest BCUT2D eigenvalue weighted by atomic mass is 35.5. The third-order valence-corrected chi connectivity index (χ3v) is 3.64. The highest BCUT2D eigenvalue weighted by Gasteiger charge is 2.13. The Hall–Kier alpha value is -1.51. The Balaban J connectivity index is 2.21. The maximum absolute atomic E-state index is 12.4. The number of carbonyl (C=O) groups excluding carboxylic acids is 1. The van der Waals surface area contributed by atoms with Gasteiger partial charge in [-0.05, 0) is 43.7 Å². The van der Waals surface area contributed by atoms with Crippen LogP contribution in [-0.4, -0.2) is 11.9 Å². The maximum atomic E-state index is 12.4. The largest absolute Gasteiger partial charge is 0.491 e. The number of hydrogen-bond donors (Lipinski definition) is 0. The van der Waals surface area contributed by atoms with E-state index in [4.69, 9.17) is 27.9 Å². The first-order chi connectivity index (χ1) is 9.97. The van der Waals surface area contributed by atoms with Gasteiger partial charge in [-0.25, -0.2) is 0 Å². The van der Waals surface area contributed by atoms with E-state index in [2.05, 4.69) is 0 Å². The van der Waals surface area contributed by atoms with Crippen LogP contribution in [0.5, 0.6) is 5.75 Å². The molecule has 0 heterocycles. The molecule has 0 radical (unpaired) electrons. The lowest BCUT2D eigenvalue weighted by Gasteiger charge is -2.11. The van der Waals surface area contributed by atoms with Crippen molar-refractivity contribution in [2.75, 3.05) is 0 Å². The number of rotatable bonds is 5. The summed E-state index contributed by atoms with van der Waals surface area (Å²) in [6.07, 6.45) is 0.234.